The molecule has 94 valence electrons. The van der Waals surface area contributed by atoms with E-state index in [1.807, 2.05) is 0 Å². The maximum atomic E-state index is 11.2. The number of carboxylic acids is 2. The third-order valence-electron chi connectivity index (χ3n) is 3.10. The number of carbonyl (C=O) groups is 2. The van der Waals surface area contributed by atoms with Crippen LogP contribution in [0.25, 0.3) is 21.8 Å². The van der Waals surface area contributed by atoms with Crippen LogP contribution in [0.3, 0.4) is 0 Å². The number of benzene rings is 2. The lowest BCUT2D eigenvalue weighted by Gasteiger charge is -1.99. The zero-order chi connectivity index (χ0) is 13.6. The molecule has 19 heavy (non-hydrogen) atoms. The summed E-state index contributed by atoms with van der Waals surface area (Å²) in [6.07, 6.45) is 0. The van der Waals surface area contributed by atoms with E-state index in [9.17, 15) is 14.7 Å². The van der Waals surface area contributed by atoms with Crippen LogP contribution in [0.5, 0.6) is 0 Å². The predicted octanol–water partition coefficient (Wildman–Crippen LogP) is 2.72. The number of aromatic amines is 1. The summed E-state index contributed by atoms with van der Waals surface area (Å²) in [4.78, 5) is 25.3. The van der Waals surface area contributed by atoms with Crippen LogP contribution < -0.4 is 0 Å². The van der Waals surface area contributed by atoms with Gasteiger partial charge in [0.05, 0.1) is 11.1 Å². The van der Waals surface area contributed by atoms with Gasteiger partial charge in [0, 0.05) is 21.8 Å². The van der Waals surface area contributed by atoms with Gasteiger partial charge in [-0.1, -0.05) is 6.07 Å². The summed E-state index contributed by atoms with van der Waals surface area (Å²) in [5, 5.41) is 19.4. The molecule has 1 heterocycles. The van der Waals surface area contributed by atoms with Crippen LogP contribution in [0.4, 0.5) is 0 Å². The molecule has 0 saturated carbocycles. The molecule has 1 aromatic heterocycles. The van der Waals surface area contributed by atoms with E-state index in [-0.39, 0.29) is 11.1 Å². The van der Waals surface area contributed by atoms with E-state index in [4.69, 9.17) is 5.11 Å². The van der Waals surface area contributed by atoms with E-state index in [1.165, 1.54) is 18.2 Å². The van der Waals surface area contributed by atoms with Gasteiger partial charge in [-0.25, -0.2) is 9.59 Å². The van der Waals surface area contributed by atoms with Crippen LogP contribution in [-0.2, 0) is 0 Å². The molecule has 0 spiro atoms. The topological polar surface area (TPSA) is 90.4 Å². The third kappa shape index (κ3) is 1.63. The maximum absolute atomic E-state index is 11.2. The van der Waals surface area contributed by atoms with Crippen molar-refractivity contribution >= 4 is 33.7 Å². The van der Waals surface area contributed by atoms with Crippen molar-refractivity contribution in [2.45, 2.75) is 0 Å². The van der Waals surface area contributed by atoms with E-state index in [0.29, 0.717) is 21.8 Å². The fourth-order valence-corrected chi connectivity index (χ4v) is 2.26. The number of aromatic carboxylic acids is 2. The molecule has 0 radical (unpaired) electrons. The lowest BCUT2D eigenvalue weighted by Crippen LogP contribution is -1.97. The molecule has 3 aromatic rings. The van der Waals surface area contributed by atoms with Gasteiger partial charge in [-0.3, -0.25) is 0 Å². The third-order valence-corrected chi connectivity index (χ3v) is 3.10. The minimum atomic E-state index is -1.04. The molecule has 2 aromatic carbocycles. The van der Waals surface area contributed by atoms with Gasteiger partial charge in [0.15, 0.2) is 0 Å². The van der Waals surface area contributed by atoms with Gasteiger partial charge < -0.3 is 15.2 Å². The minimum Gasteiger partial charge on any atom is -0.478 e. The standard InChI is InChI=1S/C14H9NO4/c16-13(17)7-4-5-10-9(6-7)12-8(14(18)19)2-1-3-11(12)15-10/h1-6,15H,(H,16,17)(H,18,19). The first-order valence-corrected chi connectivity index (χ1v) is 5.59. The molecular formula is C14H9NO4. The van der Waals surface area contributed by atoms with Crippen molar-refractivity contribution in [3.8, 4) is 0 Å². The molecular weight excluding hydrogens is 246 g/mol. The summed E-state index contributed by atoms with van der Waals surface area (Å²) in [7, 11) is 0. The number of nitrogens with one attached hydrogen (secondary N) is 1. The Morgan fingerprint density at radius 1 is 0.947 bits per heavy atom. The second-order valence-corrected chi connectivity index (χ2v) is 4.22. The highest BCUT2D eigenvalue weighted by molar-refractivity contribution is 6.17. The summed E-state index contributed by atoms with van der Waals surface area (Å²) >= 11 is 0. The summed E-state index contributed by atoms with van der Waals surface area (Å²) < 4.78 is 0. The van der Waals surface area contributed by atoms with Crippen LogP contribution in [-0.4, -0.2) is 27.1 Å². The highest BCUT2D eigenvalue weighted by atomic mass is 16.4. The highest BCUT2D eigenvalue weighted by Gasteiger charge is 2.14. The number of rotatable bonds is 2. The first-order valence-electron chi connectivity index (χ1n) is 5.59. The van der Waals surface area contributed by atoms with Crippen molar-refractivity contribution in [2.75, 3.05) is 0 Å². The zero-order valence-corrected chi connectivity index (χ0v) is 9.68. The van der Waals surface area contributed by atoms with Crippen molar-refractivity contribution in [2.24, 2.45) is 0 Å². The second kappa shape index (κ2) is 3.84. The number of carboxylic acid groups (broad SMARTS) is 2. The molecule has 0 unspecified atom stereocenters. The van der Waals surface area contributed by atoms with Gasteiger partial charge >= 0.3 is 11.9 Å². The van der Waals surface area contributed by atoms with Gasteiger partial charge in [0.2, 0.25) is 0 Å². The number of hydrogen-bond donors (Lipinski definition) is 3. The SMILES string of the molecule is O=C(O)c1ccc2[nH]c3cccc(C(=O)O)c3c2c1. The number of aromatic nitrogens is 1. The fraction of sp³-hybridized carbons (Fsp3) is 0. The molecule has 0 saturated heterocycles. The van der Waals surface area contributed by atoms with Gasteiger partial charge in [-0.15, -0.1) is 0 Å². The molecule has 0 bridgehead atoms. The van der Waals surface area contributed by atoms with Crippen LogP contribution in [0.1, 0.15) is 20.7 Å². The van der Waals surface area contributed by atoms with Crippen molar-refractivity contribution in [3.05, 3.63) is 47.5 Å². The molecule has 0 aliphatic carbocycles. The Kier molecular flexibility index (Phi) is 2.28. The Bertz CT molecular complexity index is 832. The lowest BCUT2D eigenvalue weighted by atomic mass is 10.0. The average Bonchev–Trinajstić information content (AvgIpc) is 2.75. The maximum Gasteiger partial charge on any atom is 0.336 e. The van der Waals surface area contributed by atoms with E-state index >= 15 is 0 Å². The molecule has 5 heteroatoms. The van der Waals surface area contributed by atoms with E-state index < -0.39 is 11.9 Å². The van der Waals surface area contributed by atoms with Crippen molar-refractivity contribution < 1.29 is 19.8 Å². The summed E-state index contributed by atoms with van der Waals surface area (Å²) in [6.45, 7) is 0. The van der Waals surface area contributed by atoms with E-state index in [0.717, 1.165) is 0 Å². The zero-order valence-electron chi connectivity index (χ0n) is 9.68. The monoisotopic (exact) mass is 255 g/mol. The Morgan fingerprint density at radius 3 is 2.42 bits per heavy atom. The van der Waals surface area contributed by atoms with Gasteiger partial charge in [-0.05, 0) is 30.3 Å². The van der Waals surface area contributed by atoms with Crippen molar-refractivity contribution in [1.29, 1.82) is 0 Å². The van der Waals surface area contributed by atoms with Gasteiger partial charge in [-0.2, -0.15) is 0 Å². The van der Waals surface area contributed by atoms with Crippen molar-refractivity contribution in [1.82, 2.24) is 4.98 Å². The van der Waals surface area contributed by atoms with Crippen LogP contribution in [0.2, 0.25) is 0 Å². The summed E-state index contributed by atoms with van der Waals surface area (Å²) in [5.41, 5.74) is 1.69. The Labute approximate surface area is 107 Å². The van der Waals surface area contributed by atoms with E-state index in [1.54, 1.807) is 18.2 Å². The van der Waals surface area contributed by atoms with Gasteiger partial charge in [0.25, 0.3) is 0 Å². The molecule has 3 N–H and O–H groups in total. The molecule has 0 aliphatic rings. The first kappa shape index (κ1) is 11.3. The normalized spacial score (nSPS) is 10.9. The molecule has 0 aliphatic heterocycles. The molecule has 0 atom stereocenters. The molecule has 3 rings (SSSR count). The van der Waals surface area contributed by atoms with E-state index in [2.05, 4.69) is 4.98 Å². The largest absolute Gasteiger partial charge is 0.478 e. The quantitative estimate of drug-likeness (QED) is 0.656. The average molecular weight is 255 g/mol. The molecule has 0 fully saturated rings. The van der Waals surface area contributed by atoms with Crippen LogP contribution in [0.15, 0.2) is 36.4 Å². The fourth-order valence-electron chi connectivity index (χ4n) is 2.26. The number of fused-ring (bicyclic) bond motifs is 3. The second-order valence-electron chi connectivity index (χ2n) is 4.22. The first-order chi connectivity index (χ1) is 9.08. The Balaban J connectivity index is 2.48. The minimum absolute atomic E-state index is 0.133. The predicted molar refractivity (Wildman–Crippen MR) is 69.7 cm³/mol. The van der Waals surface area contributed by atoms with Gasteiger partial charge in [0.1, 0.15) is 0 Å². The van der Waals surface area contributed by atoms with Crippen LogP contribution in [0, 0.1) is 0 Å². The Hall–Kier alpha value is -2.82. The summed E-state index contributed by atoms with van der Waals surface area (Å²) in [5.74, 6) is -2.07. The summed E-state index contributed by atoms with van der Waals surface area (Å²) in [6, 6.07) is 9.54. The number of H-pyrrole nitrogens is 1. The Morgan fingerprint density at radius 2 is 1.74 bits per heavy atom. The molecule has 5 nitrogen and oxygen atoms in total. The lowest BCUT2D eigenvalue weighted by molar-refractivity contribution is 0.0687. The highest BCUT2D eigenvalue weighted by Crippen LogP contribution is 2.29. The number of hydrogen-bond acceptors (Lipinski definition) is 2. The smallest absolute Gasteiger partial charge is 0.336 e. The molecule has 0 amide bonds. The van der Waals surface area contributed by atoms with Crippen LogP contribution >= 0.6 is 0 Å². The van der Waals surface area contributed by atoms with Crippen molar-refractivity contribution in [3.63, 3.8) is 0 Å².